The van der Waals surface area contributed by atoms with E-state index < -0.39 is 10.3 Å². The minimum absolute atomic E-state index is 0.187. The number of rotatable bonds is 2. The van der Waals surface area contributed by atoms with E-state index in [4.69, 9.17) is 0 Å². The smallest absolute Gasteiger partial charge is 0.236 e. The summed E-state index contributed by atoms with van der Waals surface area (Å²) in [6.45, 7) is 3.36. The summed E-state index contributed by atoms with van der Waals surface area (Å²) in [6, 6.07) is 1.67. The summed E-state index contributed by atoms with van der Waals surface area (Å²) in [6.07, 6.45) is 0. The van der Waals surface area contributed by atoms with Crippen molar-refractivity contribution in [3.8, 4) is 0 Å². The molecule has 0 atom stereocenters. The Labute approximate surface area is 75.9 Å². The molecule has 1 aromatic rings. The normalized spacial score (nSPS) is 11.3. The van der Waals surface area contributed by atoms with Crippen LogP contribution in [0.4, 0.5) is 5.95 Å². The van der Waals surface area contributed by atoms with Crippen LogP contribution in [0.15, 0.2) is 6.07 Å². The van der Waals surface area contributed by atoms with Crippen LogP contribution < -0.4 is 4.72 Å². The highest BCUT2D eigenvalue weighted by atomic mass is 32.2. The van der Waals surface area contributed by atoms with Crippen LogP contribution >= 0.6 is 0 Å². The molecule has 0 aromatic carbocycles. The Kier molecular flexibility index (Phi) is 2.48. The third kappa shape index (κ3) is 3.34. The maximum Gasteiger partial charge on any atom is 0.236 e. The van der Waals surface area contributed by atoms with Crippen molar-refractivity contribution < 1.29 is 13.0 Å². The van der Waals surface area contributed by atoms with Crippen LogP contribution in [0.25, 0.3) is 0 Å². The molecule has 0 bridgehead atoms. The quantitative estimate of drug-likeness (QED) is 0.679. The Balaban J connectivity index is 3.03. The molecule has 0 unspecified atom stereocenters. The van der Waals surface area contributed by atoms with E-state index in [1.54, 1.807) is 24.6 Å². The van der Waals surface area contributed by atoms with Crippen LogP contribution in [0.1, 0.15) is 11.4 Å². The molecule has 72 valence electrons. The Bertz CT molecular complexity index is 395. The maximum absolute atomic E-state index is 10.3. The highest BCUT2D eigenvalue weighted by Crippen LogP contribution is 2.04. The summed E-state index contributed by atoms with van der Waals surface area (Å²) in [4.78, 5) is 7.44. The largest absolute Gasteiger partial charge is 0.731 e. The molecule has 13 heavy (non-hydrogen) atoms. The molecule has 1 N–H and O–H groups in total. The fourth-order valence-electron chi connectivity index (χ4n) is 0.883. The van der Waals surface area contributed by atoms with Gasteiger partial charge in [0.05, 0.1) is 0 Å². The first-order chi connectivity index (χ1) is 5.87. The van der Waals surface area contributed by atoms with E-state index >= 15 is 0 Å². The standard InChI is InChI=1S/C6H9N3O3S/c1-4-3-5(2)8-6(7-4)9-13(10,11)12/h3H,1-2H3,(H,7,8,9)(H,10,11,12)/p-1. The molecule has 0 saturated carbocycles. The third-order valence-electron chi connectivity index (χ3n) is 1.20. The lowest BCUT2D eigenvalue weighted by atomic mass is 10.4. The lowest BCUT2D eigenvalue weighted by Crippen LogP contribution is -2.14. The van der Waals surface area contributed by atoms with Crippen molar-refractivity contribution in [3.05, 3.63) is 17.5 Å². The highest BCUT2D eigenvalue weighted by Gasteiger charge is 2.01. The number of anilines is 1. The van der Waals surface area contributed by atoms with Gasteiger partial charge in [-0.25, -0.2) is 18.4 Å². The predicted molar refractivity (Wildman–Crippen MR) is 44.8 cm³/mol. The summed E-state index contributed by atoms with van der Waals surface area (Å²) >= 11 is 0. The molecule has 6 nitrogen and oxygen atoms in total. The number of aryl methyl sites for hydroxylation is 2. The molecule has 0 aliphatic rings. The van der Waals surface area contributed by atoms with E-state index in [1.165, 1.54) is 0 Å². The van der Waals surface area contributed by atoms with Gasteiger partial charge in [-0.1, -0.05) is 0 Å². The zero-order chi connectivity index (χ0) is 10.1. The van der Waals surface area contributed by atoms with Crippen LogP contribution in [-0.2, 0) is 10.3 Å². The second kappa shape index (κ2) is 3.27. The molecule has 0 fully saturated rings. The molecule has 0 radical (unpaired) electrons. The van der Waals surface area contributed by atoms with Crippen LogP contribution in [0.5, 0.6) is 0 Å². The molecule has 7 heteroatoms. The SMILES string of the molecule is Cc1cc(C)nc(NS(=O)(=O)[O-])n1. The molecule has 1 aromatic heterocycles. The first kappa shape index (κ1) is 9.87. The van der Waals surface area contributed by atoms with Gasteiger partial charge in [0.25, 0.3) is 0 Å². The molecule has 0 spiro atoms. The highest BCUT2D eigenvalue weighted by molar-refractivity contribution is 7.87. The van der Waals surface area contributed by atoms with Crippen molar-refractivity contribution in [2.45, 2.75) is 13.8 Å². The van der Waals surface area contributed by atoms with Gasteiger partial charge < -0.3 is 4.55 Å². The molecule has 1 rings (SSSR count). The lowest BCUT2D eigenvalue weighted by molar-refractivity contribution is 0.469. The molecular formula is C6H8N3O3S-. The van der Waals surface area contributed by atoms with Crippen molar-refractivity contribution in [2.24, 2.45) is 0 Å². The van der Waals surface area contributed by atoms with Crippen molar-refractivity contribution >= 4 is 16.3 Å². The van der Waals surface area contributed by atoms with Crippen LogP contribution in [-0.4, -0.2) is 22.9 Å². The zero-order valence-corrected chi connectivity index (χ0v) is 7.92. The van der Waals surface area contributed by atoms with Crippen molar-refractivity contribution in [3.63, 3.8) is 0 Å². The second-order valence-corrected chi connectivity index (χ2v) is 3.64. The van der Waals surface area contributed by atoms with E-state index in [0.29, 0.717) is 11.4 Å². The summed E-state index contributed by atoms with van der Waals surface area (Å²) in [7, 11) is -4.54. The van der Waals surface area contributed by atoms with E-state index in [0.717, 1.165) is 0 Å². The van der Waals surface area contributed by atoms with E-state index in [-0.39, 0.29) is 5.95 Å². The van der Waals surface area contributed by atoms with Gasteiger partial charge in [-0.2, -0.15) is 0 Å². The lowest BCUT2D eigenvalue weighted by Gasteiger charge is -2.09. The van der Waals surface area contributed by atoms with Crippen molar-refractivity contribution in [1.29, 1.82) is 0 Å². The van der Waals surface area contributed by atoms with Gasteiger partial charge in [0.1, 0.15) is 0 Å². The van der Waals surface area contributed by atoms with Crippen LogP contribution in [0, 0.1) is 13.8 Å². The van der Waals surface area contributed by atoms with Crippen molar-refractivity contribution in [2.75, 3.05) is 4.72 Å². The zero-order valence-electron chi connectivity index (χ0n) is 7.10. The van der Waals surface area contributed by atoms with Crippen LogP contribution in [0.2, 0.25) is 0 Å². The maximum atomic E-state index is 10.3. The number of nitrogens with one attached hydrogen (secondary N) is 1. The monoisotopic (exact) mass is 202 g/mol. The number of nitrogens with zero attached hydrogens (tertiary/aromatic N) is 2. The Morgan fingerprint density at radius 2 is 1.77 bits per heavy atom. The molecular weight excluding hydrogens is 194 g/mol. The van der Waals surface area contributed by atoms with Gasteiger partial charge in [-0.05, 0) is 19.9 Å². The molecule has 0 saturated heterocycles. The molecule has 1 heterocycles. The first-order valence-electron chi connectivity index (χ1n) is 3.43. The summed E-state index contributed by atoms with van der Waals surface area (Å²) < 4.78 is 32.5. The van der Waals surface area contributed by atoms with Crippen LogP contribution in [0.3, 0.4) is 0 Å². The Hall–Kier alpha value is -1.21. The topological polar surface area (TPSA) is 95.0 Å². The van der Waals surface area contributed by atoms with Gasteiger partial charge in [-0.3, -0.25) is 4.72 Å². The van der Waals surface area contributed by atoms with Gasteiger partial charge in [0, 0.05) is 11.4 Å². The van der Waals surface area contributed by atoms with E-state index in [1.807, 2.05) is 0 Å². The minimum atomic E-state index is -4.54. The average molecular weight is 202 g/mol. The van der Waals surface area contributed by atoms with Crippen molar-refractivity contribution in [1.82, 2.24) is 9.97 Å². The summed E-state index contributed by atoms with van der Waals surface area (Å²) in [5.74, 6) is -0.187. The Morgan fingerprint density at radius 3 is 2.15 bits per heavy atom. The average Bonchev–Trinajstić information content (AvgIpc) is 1.78. The van der Waals surface area contributed by atoms with E-state index in [2.05, 4.69) is 9.97 Å². The predicted octanol–water partition coefficient (Wildman–Crippen LogP) is -0.0345. The van der Waals surface area contributed by atoms with Gasteiger partial charge >= 0.3 is 0 Å². The van der Waals surface area contributed by atoms with Gasteiger partial charge in [0.15, 0.2) is 10.3 Å². The summed E-state index contributed by atoms with van der Waals surface area (Å²) in [5, 5.41) is 0. The second-order valence-electron chi connectivity index (χ2n) is 2.53. The fourth-order valence-corrected chi connectivity index (χ4v) is 1.20. The molecule has 0 aliphatic heterocycles. The van der Waals surface area contributed by atoms with E-state index in [9.17, 15) is 13.0 Å². The minimum Gasteiger partial charge on any atom is -0.731 e. The number of hydrogen-bond acceptors (Lipinski definition) is 5. The van der Waals surface area contributed by atoms with Gasteiger partial charge in [0.2, 0.25) is 5.95 Å². The first-order valence-corrected chi connectivity index (χ1v) is 4.83. The summed E-state index contributed by atoms with van der Waals surface area (Å²) in [5.41, 5.74) is 1.19. The molecule has 0 amide bonds. The molecule has 0 aliphatic carbocycles. The van der Waals surface area contributed by atoms with Gasteiger partial charge in [-0.15, -0.1) is 0 Å². The number of aromatic nitrogens is 2. The number of hydrogen-bond donors (Lipinski definition) is 1. The Morgan fingerprint density at radius 1 is 1.31 bits per heavy atom. The fraction of sp³-hybridized carbons (Fsp3) is 0.333. The third-order valence-corrected chi connectivity index (χ3v) is 1.63.